The third-order valence-corrected chi connectivity index (χ3v) is 4.27. The monoisotopic (exact) mass is 265 g/mol. The molecule has 0 bridgehead atoms. The molecule has 0 aromatic carbocycles. The van der Waals surface area contributed by atoms with Gasteiger partial charge in [0.25, 0.3) is 0 Å². The number of nitrogens with zero attached hydrogens (tertiary/aromatic N) is 1. The van der Waals surface area contributed by atoms with E-state index in [4.69, 9.17) is 5.73 Å². The fourth-order valence-electron chi connectivity index (χ4n) is 2.98. The van der Waals surface area contributed by atoms with Crippen LogP contribution in [0.1, 0.15) is 39.0 Å². The van der Waals surface area contributed by atoms with E-state index in [0.29, 0.717) is 12.5 Å². The summed E-state index contributed by atoms with van der Waals surface area (Å²) in [5.41, 5.74) is 7.48. The van der Waals surface area contributed by atoms with E-state index in [1.165, 1.54) is 31.3 Å². The number of nitrogens with one attached hydrogen (secondary N) is 1. The largest absolute Gasteiger partial charge is 0.355 e. The van der Waals surface area contributed by atoms with E-state index < -0.39 is 0 Å². The topological polar surface area (TPSA) is 58.4 Å². The lowest BCUT2D eigenvalue weighted by atomic mass is 9.97. The van der Waals surface area contributed by atoms with Crippen molar-refractivity contribution in [1.29, 1.82) is 0 Å². The smallest absolute Gasteiger partial charge is 0.234 e. The van der Waals surface area contributed by atoms with E-state index in [-0.39, 0.29) is 11.9 Å². The first-order valence-corrected chi connectivity index (χ1v) is 7.57. The van der Waals surface area contributed by atoms with E-state index in [9.17, 15) is 4.79 Å². The number of carbonyl (C=O) groups is 1. The molecule has 3 N–H and O–H groups in total. The molecular weight excluding hydrogens is 238 g/mol. The molecule has 0 spiro atoms. The van der Waals surface area contributed by atoms with Gasteiger partial charge in [0.05, 0.1) is 6.54 Å². The summed E-state index contributed by atoms with van der Waals surface area (Å²) in [7, 11) is 0. The van der Waals surface area contributed by atoms with Gasteiger partial charge in [-0.1, -0.05) is 18.6 Å². The fraction of sp³-hybridized carbons (Fsp3) is 0.800. The fourth-order valence-corrected chi connectivity index (χ4v) is 2.98. The maximum atomic E-state index is 11.8. The average molecular weight is 265 g/mol. The van der Waals surface area contributed by atoms with Gasteiger partial charge in [0.1, 0.15) is 0 Å². The Kier molecular flexibility index (Phi) is 5.40. The van der Waals surface area contributed by atoms with Crippen molar-refractivity contribution in [2.24, 2.45) is 11.7 Å². The normalized spacial score (nSPS) is 28.2. The van der Waals surface area contributed by atoms with E-state index in [2.05, 4.69) is 23.2 Å². The van der Waals surface area contributed by atoms with E-state index >= 15 is 0 Å². The van der Waals surface area contributed by atoms with Crippen LogP contribution < -0.4 is 11.1 Å². The van der Waals surface area contributed by atoms with Gasteiger partial charge in [-0.05, 0) is 38.0 Å². The van der Waals surface area contributed by atoms with Gasteiger partial charge in [0, 0.05) is 25.7 Å². The third-order valence-electron chi connectivity index (χ3n) is 4.27. The van der Waals surface area contributed by atoms with Crippen LogP contribution in [0.4, 0.5) is 0 Å². The molecule has 0 aromatic heterocycles. The summed E-state index contributed by atoms with van der Waals surface area (Å²) >= 11 is 0. The molecule has 1 amide bonds. The standard InChI is InChI=1S/C15H27N3O/c1-12-9-18(10-14(12)16)11-15(19)17-8-7-13-5-3-2-4-6-13/h5,12,14H,2-4,6-11,16H2,1H3,(H,17,19). The van der Waals surface area contributed by atoms with E-state index in [1.54, 1.807) is 0 Å². The molecule has 1 aliphatic carbocycles. The highest BCUT2D eigenvalue weighted by Gasteiger charge is 2.27. The van der Waals surface area contributed by atoms with Crippen molar-refractivity contribution in [3.63, 3.8) is 0 Å². The van der Waals surface area contributed by atoms with Crippen molar-refractivity contribution in [2.45, 2.75) is 45.1 Å². The Hall–Kier alpha value is -0.870. The summed E-state index contributed by atoms with van der Waals surface area (Å²) < 4.78 is 0. The number of hydrogen-bond acceptors (Lipinski definition) is 3. The molecule has 4 heteroatoms. The zero-order chi connectivity index (χ0) is 13.7. The van der Waals surface area contributed by atoms with Gasteiger partial charge >= 0.3 is 0 Å². The Bertz CT molecular complexity index is 330. The lowest BCUT2D eigenvalue weighted by Gasteiger charge is -2.16. The van der Waals surface area contributed by atoms with Crippen LogP contribution in [0.5, 0.6) is 0 Å². The maximum Gasteiger partial charge on any atom is 0.234 e. The van der Waals surface area contributed by atoms with Gasteiger partial charge in [-0.3, -0.25) is 9.69 Å². The average Bonchev–Trinajstić information content (AvgIpc) is 2.69. The molecule has 0 radical (unpaired) electrons. The van der Waals surface area contributed by atoms with Crippen LogP contribution in [-0.4, -0.2) is 43.0 Å². The first-order valence-electron chi connectivity index (χ1n) is 7.57. The number of hydrogen-bond donors (Lipinski definition) is 2. The quantitative estimate of drug-likeness (QED) is 0.736. The first-order chi connectivity index (χ1) is 9.15. The van der Waals surface area contributed by atoms with Crippen LogP contribution in [0.2, 0.25) is 0 Å². The van der Waals surface area contributed by atoms with Crippen LogP contribution in [0.25, 0.3) is 0 Å². The van der Waals surface area contributed by atoms with E-state index in [0.717, 1.165) is 26.1 Å². The van der Waals surface area contributed by atoms with Crippen LogP contribution >= 0.6 is 0 Å². The van der Waals surface area contributed by atoms with Gasteiger partial charge in [-0.25, -0.2) is 0 Å². The lowest BCUT2D eigenvalue weighted by molar-refractivity contribution is -0.122. The Morgan fingerprint density at radius 1 is 1.47 bits per heavy atom. The number of amides is 1. The van der Waals surface area contributed by atoms with Crippen molar-refractivity contribution < 1.29 is 4.79 Å². The molecule has 1 aliphatic heterocycles. The molecule has 2 rings (SSSR count). The van der Waals surface area contributed by atoms with Crippen molar-refractivity contribution in [1.82, 2.24) is 10.2 Å². The number of nitrogens with two attached hydrogens (primary N) is 1. The summed E-state index contributed by atoms with van der Waals surface area (Å²) in [5, 5.41) is 3.02. The minimum atomic E-state index is 0.137. The Balaban J connectivity index is 1.61. The molecule has 19 heavy (non-hydrogen) atoms. The van der Waals surface area contributed by atoms with Gasteiger partial charge in [0.15, 0.2) is 0 Å². The number of rotatable bonds is 5. The predicted molar refractivity (Wildman–Crippen MR) is 77.8 cm³/mol. The molecule has 108 valence electrons. The minimum Gasteiger partial charge on any atom is -0.355 e. The van der Waals surface area contributed by atoms with Crippen molar-refractivity contribution >= 4 is 5.91 Å². The molecule has 4 nitrogen and oxygen atoms in total. The van der Waals surface area contributed by atoms with Gasteiger partial charge in [-0.2, -0.15) is 0 Å². The lowest BCUT2D eigenvalue weighted by Crippen LogP contribution is -2.37. The molecule has 2 atom stereocenters. The van der Waals surface area contributed by atoms with E-state index in [1.807, 2.05) is 0 Å². The maximum absolute atomic E-state index is 11.8. The van der Waals surface area contributed by atoms with Crippen LogP contribution in [0, 0.1) is 5.92 Å². The molecule has 0 aromatic rings. The van der Waals surface area contributed by atoms with Crippen molar-refractivity contribution in [3.8, 4) is 0 Å². The number of likely N-dealkylation sites (tertiary alicyclic amines) is 1. The molecule has 2 unspecified atom stereocenters. The van der Waals surface area contributed by atoms with Gasteiger partial charge < -0.3 is 11.1 Å². The Morgan fingerprint density at radius 3 is 2.95 bits per heavy atom. The second kappa shape index (κ2) is 7.06. The van der Waals surface area contributed by atoms with Gasteiger partial charge in [0.2, 0.25) is 5.91 Å². The molecule has 0 saturated carbocycles. The van der Waals surface area contributed by atoms with Crippen LogP contribution in [0.15, 0.2) is 11.6 Å². The zero-order valence-electron chi connectivity index (χ0n) is 12.0. The molecule has 1 heterocycles. The van der Waals surface area contributed by atoms with Crippen molar-refractivity contribution in [3.05, 3.63) is 11.6 Å². The summed E-state index contributed by atoms with van der Waals surface area (Å²) in [6.45, 7) is 5.22. The summed E-state index contributed by atoms with van der Waals surface area (Å²) in [6, 6.07) is 0.222. The highest BCUT2D eigenvalue weighted by molar-refractivity contribution is 5.78. The molecule has 1 saturated heterocycles. The summed E-state index contributed by atoms with van der Waals surface area (Å²) in [4.78, 5) is 14.0. The summed E-state index contributed by atoms with van der Waals surface area (Å²) in [5.74, 6) is 0.637. The summed E-state index contributed by atoms with van der Waals surface area (Å²) in [6.07, 6.45) is 8.42. The van der Waals surface area contributed by atoms with Crippen LogP contribution in [0.3, 0.4) is 0 Å². The highest BCUT2D eigenvalue weighted by Crippen LogP contribution is 2.19. The second-order valence-corrected chi connectivity index (χ2v) is 6.04. The second-order valence-electron chi connectivity index (χ2n) is 6.04. The van der Waals surface area contributed by atoms with Crippen LogP contribution in [-0.2, 0) is 4.79 Å². The first kappa shape index (κ1) is 14.5. The van der Waals surface area contributed by atoms with Gasteiger partial charge in [-0.15, -0.1) is 0 Å². The zero-order valence-corrected chi connectivity index (χ0v) is 12.0. The number of carbonyl (C=O) groups excluding carboxylic acids is 1. The molecule has 2 aliphatic rings. The SMILES string of the molecule is CC1CN(CC(=O)NCCC2=CCCCC2)CC1N. The molecular formula is C15H27N3O. The Morgan fingerprint density at radius 2 is 2.32 bits per heavy atom. The molecule has 1 fully saturated rings. The highest BCUT2D eigenvalue weighted by atomic mass is 16.2. The number of allylic oxidation sites excluding steroid dienone is 1. The predicted octanol–water partition coefficient (Wildman–Crippen LogP) is 1.27. The minimum absolute atomic E-state index is 0.137. The van der Waals surface area contributed by atoms with Crippen molar-refractivity contribution in [2.75, 3.05) is 26.2 Å². The Labute approximate surface area is 116 Å². The third kappa shape index (κ3) is 4.62.